The number of hydrogen-bond acceptors (Lipinski definition) is 5. The van der Waals surface area contributed by atoms with Crippen LogP contribution in [-0.4, -0.2) is 54.6 Å². The van der Waals surface area contributed by atoms with Crippen molar-refractivity contribution in [2.45, 2.75) is 38.5 Å². The third kappa shape index (κ3) is 3.74. The number of nitrogens with one attached hydrogen (secondary N) is 2. The minimum atomic E-state index is 0.492. The number of aromatic nitrogens is 3. The smallest absolute Gasteiger partial charge is 0.244 e. The van der Waals surface area contributed by atoms with E-state index in [2.05, 4.69) is 27.3 Å². The molecule has 0 saturated carbocycles. The maximum absolute atomic E-state index is 5.41. The molecule has 0 bridgehead atoms. The summed E-state index contributed by atoms with van der Waals surface area (Å²) in [7, 11) is 0. The molecule has 3 rings (SSSR count). The summed E-state index contributed by atoms with van der Waals surface area (Å²) in [6.07, 6.45) is 4.57. The summed E-state index contributed by atoms with van der Waals surface area (Å²) in [5, 5.41) is 11.0. The van der Waals surface area contributed by atoms with E-state index in [1.807, 2.05) is 0 Å². The summed E-state index contributed by atoms with van der Waals surface area (Å²) in [4.78, 5) is 7.05. The highest BCUT2D eigenvalue weighted by Gasteiger charge is 2.24. The average molecular weight is 293 g/mol. The van der Waals surface area contributed by atoms with Crippen LogP contribution in [0, 0.1) is 5.92 Å². The zero-order valence-electron chi connectivity index (χ0n) is 13.0. The van der Waals surface area contributed by atoms with E-state index in [4.69, 9.17) is 9.72 Å². The van der Waals surface area contributed by atoms with Crippen LogP contribution in [0.5, 0.6) is 0 Å². The van der Waals surface area contributed by atoms with E-state index in [1.54, 1.807) is 0 Å². The number of ether oxygens (including phenoxy) is 1. The second-order valence-electron chi connectivity index (χ2n) is 6.15. The van der Waals surface area contributed by atoms with Crippen molar-refractivity contribution in [1.29, 1.82) is 0 Å². The van der Waals surface area contributed by atoms with Crippen LogP contribution in [-0.2, 0) is 4.74 Å². The van der Waals surface area contributed by atoms with Crippen molar-refractivity contribution >= 4 is 5.95 Å². The molecule has 0 radical (unpaired) electrons. The van der Waals surface area contributed by atoms with Gasteiger partial charge < -0.3 is 15.0 Å². The molecule has 21 heavy (non-hydrogen) atoms. The van der Waals surface area contributed by atoms with Gasteiger partial charge in [0.25, 0.3) is 0 Å². The summed E-state index contributed by atoms with van der Waals surface area (Å²) in [6, 6.07) is 0. The van der Waals surface area contributed by atoms with Crippen LogP contribution in [0.1, 0.15) is 44.3 Å². The van der Waals surface area contributed by atoms with E-state index in [-0.39, 0.29) is 0 Å². The quantitative estimate of drug-likeness (QED) is 0.862. The molecule has 118 valence electrons. The van der Waals surface area contributed by atoms with E-state index in [9.17, 15) is 0 Å². The van der Waals surface area contributed by atoms with Crippen LogP contribution in [0.4, 0.5) is 5.95 Å². The highest BCUT2D eigenvalue weighted by molar-refractivity contribution is 5.30. The maximum Gasteiger partial charge on any atom is 0.244 e. The Kier molecular flexibility index (Phi) is 5.08. The average Bonchev–Trinajstić information content (AvgIpc) is 3.04. The molecule has 0 unspecified atom stereocenters. The van der Waals surface area contributed by atoms with Gasteiger partial charge in [-0.2, -0.15) is 4.98 Å². The Hall–Kier alpha value is -1.14. The topological polar surface area (TPSA) is 66.1 Å². The largest absolute Gasteiger partial charge is 0.381 e. The van der Waals surface area contributed by atoms with Crippen molar-refractivity contribution in [3.63, 3.8) is 0 Å². The molecule has 0 aromatic carbocycles. The fraction of sp³-hybridized carbons (Fsp3) is 0.867. The molecule has 0 amide bonds. The van der Waals surface area contributed by atoms with Crippen molar-refractivity contribution in [3.05, 3.63) is 5.82 Å². The number of hydrogen-bond donors (Lipinski definition) is 2. The van der Waals surface area contributed by atoms with Gasteiger partial charge in [0.2, 0.25) is 5.95 Å². The number of piperidine rings is 1. The normalized spacial score (nSPS) is 21.9. The number of nitrogens with zero attached hydrogens (tertiary/aromatic N) is 3. The van der Waals surface area contributed by atoms with E-state index in [0.717, 1.165) is 69.9 Å². The molecular weight excluding hydrogens is 266 g/mol. The summed E-state index contributed by atoms with van der Waals surface area (Å²) in [5.74, 6) is 3.22. The zero-order valence-corrected chi connectivity index (χ0v) is 13.0. The first kappa shape index (κ1) is 14.8. The van der Waals surface area contributed by atoms with Crippen molar-refractivity contribution < 1.29 is 4.74 Å². The Morgan fingerprint density at radius 3 is 2.71 bits per heavy atom. The summed E-state index contributed by atoms with van der Waals surface area (Å²) in [6.45, 7) is 8.21. The molecule has 2 fully saturated rings. The number of H-pyrrole nitrogens is 1. The van der Waals surface area contributed by atoms with Gasteiger partial charge in [0, 0.05) is 32.2 Å². The lowest BCUT2D eigenvalue weighted by Crippen LogP contribution is -2.37. The third-order valence-electron chi connectivity index (χ3n) is 4.68. The first-order chi connectivity index (χ1) is 10.4. The predicted octanol–water partition coefficient (Wildman–Crippen LogP) is 1.52. The molecule has 2 aliphatic heterocycles. The summed E-state index contributed by atoms with van der Waals surface area (Å²) >= 11 is 0. The molecule has 2 saturated heterocycles. The molecule has 0 spiro atoms. The standard InChI is InChI=1S/C15H27N5O/c1-2-16-11-12-3-7-20(8-4-12)15-17-14(18-19-15)13-5-9-21-10-6-13/h12-13,16H,2-11H2,1H3,(H,17,18,19). The second-order valence-corrected chi connectivity index (χ2v) is 6.15. The summed E-state index contributed by atoms with van der Waals surface area (Å²) in [5.41, 5.74) is 0. The highest BCUT2D eigenvalue weighted by Crippen LogP contribution is 2.26. The molecule has 3 heterocycles. The van der Waals surface area contributed by atoms with Crippen LogP contribution in [0.25, 0.3) is 0 Å². The zero-order chi connectivity index (χ0) is 14.5. The van der Waals surface area contributed by atoms with Crippen LogP contribution < -0.4 is 10.2 Å². The fourth-order valence-electron chi connectivity index (χ4n) is 3.25. The third-order valence-corrected chi connectivity index (χ3v) is 4.68. The lowest BCUT2D eigenvalue weighted by molar-refractivity contribution is 0.0836. The number of aromatic amines is 1. The van der Waals surface area contributed by atoms with Crippen molar-refractivity contribution in [2.24, 2.45) is 5.92 Å². The predicted molar refractivity (Wildman–Crippen MR) is 82.7 cm³/mol. The molecule has 2 aliphatic rings. The Labute approximate surface area is 126 Å². The summed E-state index contributed by atoms with van der Waals surface area (Å²) < 4.78 is 5.41. The van der Waals surface area contributed by atoms with Gasteiger partial charge >= 0.3 is 0 Å². The van der Waals surface area contributed by atoms with Gasteiger partial charge in [-0.1, -0.05) is 6.92 Å². The highest BCUT2D eigenvalue weighted by atomic mass is 16.5. The Bertz CT molecular complexity index is 421. The molecule has 1 aromatic rings. The van der Waals surface area contributed by atoms with Gasteiger partial charge in [-0.3, -0.25) is 5.10 Å². The lowest BCUT2D eigenvalue weighted by atomic mass is 9.97. The van der Waals surface area contributed by atoms with E-state index in [1.165, 1.54) is 12.8 Å². The molecule has 6 nitrogen and oxygen atoms in total. The van der Waals surface area contributed by atoms with Gasteiger partial charge in [0.05, 0.1) is 0 Å². The maximum atomic E-state index is 5.41. The minimum Gasteiger partial charge on any atom is -0.381 e. The van der Waals surface area contributed by atoms with Gasteiger partial charge in [-0.15, -0.1) is 5.10 Å². The van der Waals surface area contributed by atoms with Crippen LogP contribution in [0.3, 0.4) is 0 Å². The molecule has 2 N–H and O–H groups in total. The first-order valence-corrected chi connectivity index (χ1v) is 8.32. The SMILES string of the molecule is CCNCC1CCN(c2n[nH]c(C3CCOCC3)n2)CC1. The van der Waals surface area contributed by atoms with Crippen molar-refractivity contribution in [2.75, 3.05) is 44.3 Å². The van der Waals surface area contributed by atoms with Crippen LogP contribution >= 0.6 is 0 Å². The molecule has 0 aliphatic carbocycles. The van der Waals surface area contributed by atoms with Gasteiger partial charge in [-0.25, -0.2) is 0 Å². The molecular formula is C15H27N5O. The first-order valence-electron chi connectivity index (χ1n) is 8.32. The fourth-order valence-corrected chi connectivity index (χ4v) is 3.25. The molecule has 0 atom stereocenters. The van der Waals surface area contributed by atoms with Gasteiger partial charge in [-0.05, 0) is 44.7 Å². The van der Waals surface area contributed by atoms with Crippen molar-refractivity contribution in [3.8, 4) is 0 Å². The van der Waals surface area contributed by atoms with E-state index in [0.29, 0.717) is 5.92 Å². The van der Waals surface area contributed by atoms with Gasteiger partial charge in [0.15, 0.2) is 0 Å². The minimum absolute atomic E-state index is 0.492. The Balaban J connectivity index is 1.52. The van der Waals surface area contributed by atoms with Crippen LogP contribution in [0.2, 0.25) is 0 Å². The van der Waals surface area contributed by atoms with E-state index >= 15 is 0 Å². The van der Waals surface area contributed by atoms with Gasteiger partial charge in [0.1, 0.15) is 5.82 Å². The lowest BCUT2D eigenvalue weighted by Gasteiger charge is -2.31. The van der Waals surface area contributed by atoms with Crippen molar-refractivity contribution in [1.82, 2.24) is 20.5 Å². The number of rotatable bonds is 5. The van der Waals surface area contributed by atoms with Crippen LogP contribution in [0.15, 0.2) is 0 Å². The molecule has 1 aromatic heterocycles. The Morgan fingerprint density at radius 1 is 1.24 bits per heavy atom. The monoisotopic (exact) mass is 293 g/mol. The number of anilines is 1. The van der Waals surface area contributed by atoms with E-state index < -0.39 is 0 Å². The second kappa shape index (κ2) is 7.22. The molecule has 6 heteroatoms. The Morgan fingerprint density at radius 2 is 2.00 bits per heavy atom.